The lowest BCUT2D eigenvalue weighted by atomic mass is 9.97. The van der Waals surface area contributed by atoms with E-state index in [0.717, 1.165) is 77.4 Å². The van der Waals surface area contributed by atoms with Crippen molar-refractivity contribution in [3.8, 4) is 33.6 Å². The van der Waals surface area contributed by atoms with Gasteiger partial charge in [0.2, 0.25) is 0 Å². The van der Waals surface area contributed by atoms with E-state index in [0.29, 0.717) is 0 Å². The van der Waals surface area contributed by atoms with Crippen LogP contribution in [-0.4, -0.2) is 9.97 Å². The maximum absolute atomic E-state index is 6.14. The molecule has 0 aliphatic carbocycles. The second-order valence-electron chi connectivity index (χ2n) is 9.83. The second kappa shape index (κ2) is 8.64. The molecule has 8 aromatic rings. The highest BCUT2D eigenvalue weighted by atomic mass is 16.3. The first kappa shape index (κ1) is 21.8. The molecule has 0 saturated carbocycles. The van der Waals surface area contributed by atoms with Gasteiger partial charge >= 0.3 is 0 Å². The molecule has 8 rings (SSSR count). The molecule has 3 heteroatoms. The molecule has 3 aromatic heterocycles. The predicted octanol–water partition coefficient (Wildman–Crippen LogP) is 9.68. The van der Waals surface area contributed by atoms with E-state index in [1.807, 2.05) is 36.4 Å². The predicted molar refractivity (Wildman–Crippen MR) is 161 cm³/mol. The van der Waals surface area contributed by atoms with E-state index in [9.17, 15) is 0 Å². The summed E-state index contributed by atoms with van der Waals surface area (Å²) >= 11 is 0. The fourth-order valence-electron chi connectivity index (χ4n) is 5.56. The van der Waals surface area contributed by atoms with Gasteiger partial charge in [0.25, 0.3) is 0 Å². The van der Waals surface area contributed by atoms with Gasteiger partial charge in [0.15, 0.2) is 0 Å². The number of para-hydroxylation sites is 1. The SMILES string of the molecule is c1ccc(-c2ccc3ccc4ccc(-c5cccc(-c6cccc7oc8ccccc8c67)c5)nc4c3n2)cc1. The molecule has 3 heterocycles. The summed E-state index contributed by atoms with van der Waals surface area (Å²) in [7, 11) is 0. The molecule has 0 saturated heterocycles. The van der Waals surface area contributed by atoms with Crippen LogP contribution in [0.25, 0.3) is 77.4 Å². The summed E-state index contributed by atoms with van der Waals surface area (Å²) in [5.41, 5.74) is 9.96. The summed E-state index contributed by atoms with van der Waals surface area (Å²) in [6.45, 7) is 0. The van der Waals surface area contributed by atoms with Crippen LogP contribution in [0.5, 0.6) is 0 Å². The van der Waals surface area contributed by atoms with Crippen molar-refractivity contribution in [3.63, 3.8) is 0 Å². The Kier molecular flexibility index (Phi) is 4.82. The van der Waals surface area contributed by atoms with Crippen molar-refractivity contribution in [2.45, 2.75) is 0 Å². The third kappa shape index (κ3) is 3.59. The highest BCUT2D eigenvalue weighted by molar-refractivity contribution is 6.12. The van der Waals surface area contributed by atoms with E-state index < -0.39 is 0 Å². The molecule has 0 aliphatic rings. The molecule has 0 N–H and O–H groups in total. The van der Waals surface area contributed by atoms with Gasteiger partial charge in [0, 0.05) is 32.7 Å². The Labute approximate surface area is 225 Å². The third-order valence-electron chi connectivity index (χ3n) is 7.46. The van der Waals surface area contributed by atoms with Crippen molar-refractivity contribution in [2.24, 2.45) is 0 Å². The molecule has 0 amide bonds. The van der Waals surface area contributed by atoms with Gasteiger partial charge in [-0.1, -0.05) is 103 Å². The molecular formula is C36H22N2O. The Balaban J connectivity index is 1.29. The number of pyridine rings is 2. The Hall–Kier alpha value is -5.28. The minimum atomic E-state index is 0.898. The van der Waals surface area contributed by atoms with Crippen LogP contribution >= 0.6 is 0 Å². The molecule has 0 atom stereocenters. The fourth-order valence-corrected chi connectivity index (χ4v) is 5.56. The lowest BCUT2D eigenvalue weighted by Gasteiger charge is -2.10. The Bertz CT molecular complexity index is 2180. The molecule has 0 radical (unpaired) electrons. The number of rotatable bonds is 3. The molecule has 182 valence electrons. The van der Waals surface area contributed by atoms with Gasteiger partial charge in [-0.3, -0.25) is 0 Å². The molecule has 3 nitrogen and oxygen atoms in total. The largest absolute Gasteiger partial charge is 0.456 e. The lowest BCUT2D eigenvalue weighted by Crippen LogP contribution is -1.91. The highest BCUT2D eigenvalue weighted by Gasteiger charge is 2.13. The first-order chi connectivity index (χ1) is 19.3. The van der Waals surface area contributed by atoms with Gasteiger partial charge in [0.05, 0.1) is 22.4 Å². The summed E-state index contributed by atoms with van der Waals surface area (Å²) in [5, 5.41) is 4.43. The monoisotopic (exact) mass is 498 g/mol. The Morgan fingerprint density at radius 2 is 1.03 bits per heavy atom. The van der Waals surface area contributed by atoms with E-state index >= 15 is 0 Å². The van der Waals surface area contributed by atoms with Gasteiger partial charge in [0.1, 0.15) is 11.2 Å². The van der Waals surface area contributed by atoms with Crippen molar-refractivity contribution in [1.82, 2.24) is 9.97 Å². The van der Waals surface area contributed by atoms with Crippen LogP contribution in [0, 0.1) is 0 Å². The first-order valence-electron chi connectivity index (χ1n) is 13.1. The van der Waals surface area contributed by atoms with Crippen LogP contribution in [0.15, 0.2) is 138 Å². The highest BCUT2D eigenvalue weighted by Crippen LogP contribution is 2.38. The van der Waals surface area contributed by atoms with E-state index in [-0.39, 0.29) is 0 Å². The van der Waals surface area contributed by atoms with Gasteiger partial charge in [-0.05, 0) is 41.5 Å². The smallest absolute Gasteiger partial charge is 0.136 e. The number of furan rings is 1. The van der Waals surface area contributed by atoms with E-state index in [1.165, 1.54) is 0 Å². The van der Waals surface area contributed by atoms with Gasteiger partial charge in [-0.2, -0.15) is 0 Å². The van der Waals surface area contributed by atoms with Gasteiger partial charge in [-0.25, -0.2) is 9.97 Å². The Morgan fingerprint density at radius 1 is 0.436 bits per heavy atom. The van der Waals surface area contributed by atoms with Crippen LogP contribution in [0.1, 0.15) is 0 Å². The summed E-state index contributed by atoms with van der Waals surface area (Å²) in [4.78, 5) is 10.2. The second-order valence-corrected chi connectivity index (χ2v) is 9.83. The molecule has 0 fully saturated rings. The average Bonchev–Trinajstić information content (AvgIpc) is 3.40. The summed E-state index contributed by atoms with van der Waals surface area (Å²) in [6, 6.07) is 46.1. The number of hydrogen-bond donors (Lipinski definition) is 0. The standard InChI is InChI=1S/C36H22N2O/c1-2-8-23(9-3-1)30-20-18-24-16-17-25-19-21-31(38-36(25)35(24)37-30)27-11-6-10-26(22-27)28-13-7-15-33-34(28)29-12-4-5-14-32(29)39-33/h1-22H. The van der Waals surface area contributed by atoms with Crippen LogP contribution in [0.3, 0.4) is 0 Å². The molecular weight excluding hydrogens is 476 g/mol. The molecule has 39 heavy (non-hydrogen) atoms. The first-order valence-corrected chi connectivity index (χ1v) is 13.1. The normalized spacial score (nSPS) is 11.6. The maximum atomic E-state index is 6.14. The number of nitrogens with zero attached hydrogens (tertiary/aromatic N) is 2. The van der Waals surface area contributed by atoms with Gasteiger partial charge in [-0.15, -0.1) is 0 Å². The molecule has 0 spiro atoms. The van der Waals surface area contributed by atoms with Crippen LogP contribution < -0.4 is 0 Å². The number of benzene rings is 5. The maximum Gasteiger partial charge on any atom is 0.136 e. The van der Waals surface area contributed by atoms with E-state index in [2.05, 4.69) is 97.1 Å². The van der Waals surface area contributed by atoms with Crippen LogP contribution in [0.2, 0.25) is 0 Å². The number of hydrogen-bond acceptors (Lipinski definition) is 3. The average molecular weight is 499 g/mol. The summed E-state index contributed by atoms with van der Waals surface area (Å²) < 4.78 is 6.14. The topological polar surface area (TPSA) is 38.9 Å². The van der Waals surface area contributed by atoms with Crippen LogP contribution in [-0.2, 0) is 0 Å². The molecule has 0 unspecified atom stereocenters. The van der Waals surface area contributed by atoms with E-state index in [1.54, 1.807) is 0 Å². The lowest BCUT2D eigenvalue weighted by molar-refractivity contribution is 0.669. The summed E-state index contributed by atoms with van der Waals surface area (Å²) in [5.74, 6) is 0. The minimum Gasteiger partial charge on any atom is -0.456 e. The van der Waals surface area contributed by atoms with E-state index in [4.69, 9.17) is 14.4 Å². The number of aromatic nitrogens is 2. The minimum absolute atomic E-state index is 0.898. The van der Waals surface area contributed by atoms with Crippen molar-refractivity contribution in [3.05, 3.63) is 133 Å². The molecule has 0 aliphatic heterocycles. The zero-order chi connectivity index (χ0) is 25.8. The third-order valence-corrected chi connectivity index (χ3v) is 7.46. The van der Waals surface area contributed by atoms with Crippen molar-refractivity contribution in [2.75, 3.05) is 0 Å². The van der Waals surface area contributed by atoms with Crippen molar-refractivity contribution >= 4 is 43.7 Å². The fraction of sp³-hybridized carbons (Fsp3) is 0. The van der Waals surface area contributed by atoms with Crippen molar-refractivity contribution in [1.29, 1.82) is 0 Å². The van der Waals surface area contributed by atoms with Gasteiger partial charge < -0.3 is 4.42 Å². The van der Waals surface area contributed by atoms with Crippen LogP contribution in [0.4, 0.5) is 0 Å². The zero-order valence-corrected chi connectivity index (χ0v) is 21.0. The zero-order valence-electron chi connectivity index (χ0n) is 21.0. The Morgan fingerprint density at radius 3 is 1.82 bits per heavy atom. The summed E-state index contributed by atoms with van der Waals surface area (Å²) in [6.07, 6.45) is 0. The molecule has 5 aromatic carbocycles. The van der Waals surface area contributed by atoms with Crippen molar-refractivity contribution < 1.29 is 4.42 Å². The molecule has 0 bridgehead atoms. The quantitative estimate of drug-likeness (QED) is 0.228. The number of fused-ring (bicyclic) bond motifs is 6.